The van der Waals surface area contributed by atoms with Gasteiger partial charge in [0, 0.05) is 11.3 Å². The van der Waals surface area contributed by atoms with Crippen LogP contribution in [-0.2, 0) is 19.1 Å². The highest BCUT2D eigenvalue weighted by Gasteiger charge is 2.43. The van der Waals surface area contributed by atoms with Crippen molar-refractivity contribution in [2.24, 2.45) is 5.73 Å². The number of ether oxygens (including phenoxy) is 1. The number of alkyl halides is 3. The summed E-state index contributed by atoms with van der Waals surface area (Å²) in [4.78, 5) is 45.6. The Morgan fingerprint density at radius 3 is 2.28 bits per heavy atom. The molecule has 7 nitrogen and oxygen atoms in total. The number of carbonyl (C=O) groups is 4. The van der Waals surface area contributed by atoms with E-state index in [1.54, 1.807) is 18.2 Å². The quantitative estimate of drug-likeness (QED) is 0.551. The molecule has 136 valence electrons. The number of hydrogen-bond acceptors (Lipinski definition) is 7. The number of rotatable bonds is 6. The Balaban J connectivity index is 2.76. The molecule has 0 aliphatic carbocycles. The van der Waals surface area contributed by atoms with Crippen LogP contribution in [-0.4, -0.2) is 47.5 Å². The van der Waals surface area contributed by atoms with Gasteiger partial charge in [-0.05, 0) is 0 Å². The van der Waals surface area contributed by atoms with Gasteiger partial charge in [-0.15, -0.1) is 0 Å². The molecule has 1 amide bonds. The Kier molecular flexibility index (Phi) is 7.58. The SMILES string of the molecule is NCC(=O)N[C@@H](CSC(=O)c1ccccc1)C(=O)OC(=O)C(F)(F)F. The molecule has 1 atom stereocenters. The van der Waals surface area contributed by atoms with Crippen molar-refractivity contribution in [3.05, 3.63) is 35.9 Å². The molecule has 0 aromatic heterocycles. The van der Waals surface area contributed by atoms with Crippen molar-refractivity contribution < 1.29 is 37.1 Å². The number of halogens is 3. The van der Waals surface area contributed by atoms with Gasteiger partial charge >= 0.3 is 18.1 Å². The molecule has 0 heterocycles. The van der Waals surface area contributed by atoms with Crippen LogP contribution in [0.3, 0.4) is 0 Å². The number of hydrogen-bond donors (Lipinski definition) is 2. The lowest BCUT2D eigenvalue weighted by Crippen LogP contribution is -2.47. The van der Waals surface area contributed by atoms with Crippen molar-refractivity contribution >= 4 is 34.7 Å². The number of nitrogens with one attached hydrogen (secondary N) is 1. The van der Waals surface area contributed by atoms with Crippen LogP contribution in [0.5, 0.6) is 0 Å². The van der Waals surface area contributed by atoms with Crippen LogP contribution < -0.4 is 11.1 Å². The van der Waals surface area contributed by atoms with E-state index in [0.29, 0.717) is 11.8 Å². The van der Waals surface area contributed by atoms with Crippen molar-refractivity contribution in [2.45, 2.75) is 12.2 Å². The first-order valence-corrected chi connectivity index (χ1v) is 7.68. The zero-order chi connectivity index (χ0) is 19.0. The molecule has 0 bridgehead atoms. The molecule has 0 spiro atoms. The monoisotopic (exact) mass is 378 g/mol. The van der Waals surface area contributed by atoms with E-state index in [0.717, 1.165) is 0 Å². The molecule has 1 aromatic carbocycles. The number of benzene rings is 1. The second-order valence-electron chi connectivity index (χ2n) is 4.50. The molecule has 3 N–H and O–H groups in total. The van der Waals surface area contributed by atoms with Gasteiger partial charge in [-0.1, -0.05) is 42.1 Å². The number of amides is 1. The molecule has 1 aromatic rings. The maximum atomic E-state index is 12.1. The maximum absolute atomic E-state index is 12.1. The molecule has 25 heavy (non-hydrogen) atoms. The highest BCUT2D eigenvalue weighted by atomic mass is 32.2. The van der Waals surface area contributed by atoms with Crippen molar-refractivity contribution in [1.82, 2.24) is 5.32 Å². The molecular formula is C14H13F3N2O5S. The Morgan fingerprint density at radius 1 is 1.16 bits per heavy atom. The van der Waals surface area contributed by atoms with Crippen molar-refractivity contribution in [3.8, 4) is 0 Å². The van der Waals surface area contributed by atoms with E-state index in [1.807, 2.05) is 5.32 Å². The minimum absolute atomic E-state index is 0.288. The molecule has 0 fully saturated rings. The van der Waals surface area contributed by atoms with Crippen molar-refractivity contribution in [1.29, 1.82) is 0 Å². The normalized spacial score (nSPS) is 12.2. The van der Waals surface area contributed by atoms with Gasteiger partial charge in [-0.3, -0.25) is 9.59 Å². The van der Waals surface area contributed by atoms with E-state index in [1.165, 1.54) is 12.1 Å². The Morgan fingerprint density at radius 2 is 1.76 bits per heavy atom. The lowest BCUT2D eigenvalue weighted by Gasteiger charge is -2.16. The molecule has 11 heteroatoms. The molecule has 0 aliphatic heterocycles. The van der Waals surface area contributed by atoms with Crippen LogP contribution in [0.1, 0.15) is 10.4 Å². The third-order valence-corrected chi connectivity index (χ3v) is 3.62. The highest BCUT2D eigenvalue weighted by Crippen LogP contribution is 2.18. The number of thioether (sulfide) groups is 1. The predicted molar refractivity (Wildman–Crippen MR) is 81.4 cm³/mol. The van der Waals surface area contributed by atoms with Gasteiger partial charge in [0.2, 0.25) is 11.0 Å². The fourth-order valence-corrected chi connectivity index (χ4v) is 2.30. The predicted octanol–water partition coefficient (Wildman–Crippen LogP) is 0.636. The fraction of sp³-hybridized carbons (Fsp3) is 0.286. The number of carbonyl (C=O) groups excluding carboxylic acids is 4. The number of nitrogens with two attached hydrogens (primary N) is 1. The first-order valence-electron chi connectivity index (χ1n) is 6.69. The zero-order valence-electron chi connectivity index (χ0n) is 12.5. The third kappa shape index (κ3) is 6.93. The molecular weight excluding hydrogens is 365 g/mol. The summed E-state index contributed by atoms with van der Waals surface area (Å²) in [5.41, 5.74) is 5.34. The first kappa shape index (κ1) is 20.6. The molecule has 0 aliphatic rings. The van der Waals surface area contributed by atoms with Gasteiger partial charge in [-0.25, -0.2) is 9.59 Å². The molecule has 0 saturated carbocycles. The maximum Gasteiger partial charge on any atom is 0.491 e. The topological polar surface area (TPSA) is 116 Å². The summed E-state index contributed by atoms with van der Waals surface area (Å²) in [6.07, 6.45) is -5.37. The van der Waals surface area contributed by atoms with Crippen molar-refractivity contribution in [3.63, 3.8) is 0 Å². The smallest absolute Gasteiger partial charge is 0.385 e. The Labute approximate surface area is 144 Å². The van der Waals surface area contributed by atoms with E-state index in [-0.39, 0.29) is 5.56 Å². The molecule has 1 rings (SSSR count). The van der Waals surface area contributed by atoms with E-state index < -0.39 is 47.5 Å². The van der Waals surface area contributed by atoms with Crippen LogP contribution in [0.2, 0.25) is 0 Å². The lowest BCUT2D eigenvalue weighted by molar-refractivity contribution is -0.202. The molecule has 0 radical (unpaired) electrons. The van der Waals surface area contributed by atoms with Crippen LogP contribution in [0, 0.1) is 0 Å². The van der Waals surface area contributed by atoms with Gasteiger partial charge in [0.15, 0.2) is 0 Å². The minimum Gasteiger partial charge on any atom is -0.385 e. The third-order valence-electron chi connectivity index (χ3n) is 2.62. The number of esters is 2. The van der Waals surface area contributed by atoms with E-state index in [2.05, 4.69) is 4.74 Å². The van der Waals surface area contributed by atoms with Gasteiger partial charge in [0.1, 0.15) is 6.04 Å². The summed E-state index contributed by atoms with van der Waals surface area (Å²) in [5, 5.41) is 1.52. The Bertz CT molecular complexity index is 652. The summed E-state index contributed by atoms with van der Waals surface area (Å²) in [6, 6.07) is 6.20. The van der Waals surface area contributed by atoms with Crippen LogP contribution in [0.15, 0.2) is 30.3 Å². The summed E-state index contributed by atoms with van der Waals surface area (Å²) in [5.74, 6) is -5.67. The summed E-state index contributed by atoms with van der Waals surface area (Å²) in [6.45, 7) is -0.547. The van der Waals surface area contributed by atoms with Crippen LogP contribution in [0.25, 0.3) is 0 Å². The highest BCUT2D eigenvalue weighted by molar-refractivity contribution is 8.14. The van der Waals surface area contributed by atoms with Crippen LogP contribution >= 0.6 is 11.8 Å². The van der Waals surface area contributed by atoms with Crippen LogP contribution in [0.4, 0.5) is 13.2 Å². The van der Waals surface area contributed by atoms with Gasteiger partial charge in [0.05, 0.1) is 6.54 Å². The van der Waals surface area contributed by atoms with E-state index in [4.69, 9.17) is 5.73 Å². The summed E-state index contributed by atoms with van der Waals surface area (Å²) >= 11 is 0.565. The average Bonchev–Trinajstić information content (AvgIpc) is 2.57. The largest absolute Gasteiger partial charge is 0.491 e. The summed E-state index contributed by atoms with van der Waals surface area (Å²) in [7, 11) is 0. The molecule has 0 saturated heterocycles. The fourth-order valence-electron chi connectivity index (χ4n) is 1.46. The standard InChI is InChI=1S/C14H13F3N2O5S/c15-14(16,17)13(23)24-11(21)9(19-10(20)6-18)7-25-12(22)8-4-2-1-3-5-8/h1-5,9H,6-7,18H2,(H,19,20)/t9-/m0/s1. The Hall–Kier alpha value is -2.40. The lowest BCUT2D eigenvalue weighted by atomic mass is 10.2. The molecule has 0 unspecified atom stereocenters. The average molecular weight is 378 g/mol. The second-order valence-corrected chi connectivity index (χ2v) is 5.49. The van der Waals surface area contributed by atoms with Gasteiger partial charge in [0.25, 0.3) is 0 Å². The summed E-state index contributed by atoms with van der Waals surface area (Å²) < 4.78 is 40.1. The van der Waals surface area contributed by atoms with E-state index in [9.17, 15) is 32.3 Å². The van der Waals surface area contributed by atoms with Gasteiger partial charge < -0.3 is 15.8 Å². The van der Waals surface area contributed by atoms with E-state index >= 15 is 0 Å². The second kappa shape index (κ2) is 9.18. The van der Waals surface area contributed by atoms with Gasteiger partial charge in [-0.2, -0.15) is 13.2 Å². The zero-order valence-corrected chi connectivity index (χ0v) is 13.4. The first-order chi connectivity index (χ1) is 11.6. The minimum atomic E-state index is -5.37. The van der Waals surface area contributed by atoms with Crippen molar-refractivity contribution in [2.75, 3.05) is 12.3 Å².